The Balaban J connectivity index is 1.16. The molecule has 240 valence electrons. The lowest BCUT2D eigenvalue weighted by Crippen LogP contribution is -2.10. The highest BCUT2D eigenvalue weighted by Crippen LogP contribution is 2.48. The second-order valence-electron chi connectivity index (χ2n) is 12.9. The number of hydrogen-bond acceptors (Lipinski definition) is 2. The van der Waals surface area contributed by atoms with Crippen LogP contribution in [-0.2, 0) is 0 Å². The summed E-state index contributed by atoms with van der Waals surface area (Å²) in [5, 5.41) is 5.09. The van der Waals surface area contributed by atoms with Gasteiger partial charge < -0.3 is 9.47 Å². The van der Waals surface area contributed by atoms with E-state index in [0.29, 0.717) is 0 Å². The van der Waals surface area contributed by atoms with Crippen molar-refractivity contribution in [2.45, 2.75) is 0 Å². The fourth-order valence-electron chi connectivity index (χ4n) is 7.75. The van der Waals surface area contributed by atoms with Crippen LogP contribution in [0.3, 0.4) is 0 Å². The van der Waals surface area contributed by atoms with Gasteiger partial charge in [-0.05, 0) is 82.9 Å². The van der Waals surface area contributed by atoms with Gasteiger partial charge in [0, 0.05) is 48.0 Å². The van der Waals surface area contributed by atoms with E-state index in [-0.39, 0.29) is 0 Å². The van der Waals surface area contributed by atoms with E-state index in [1.807, 2.05) is 11.3 Å². The molecule has 0 amide bonds. The van der Waals surface area contributed by atoms with Gasteiger partial charge in [-0.25, -0.2) is 0 Å². The summed E-state index contributed by atoms with van der Waals surface area (Å²) in [6.45, 7) is 0. The van der Waals surface area contributed by atoms with Gasteiger partial charge in [0.25, 0.3) is 0 Å². The first-order valence-electron chi connectivity index (χ1n) is 17.4. The summed E-state index contributed by atoms with van der Waals surface area (Å²) in [6, 6.07) is 70.2. The first-order chi connectivity index (χ1) is 25.3. The predicted molar refractivity (Wildman–Crippen MR) is 219 cm³/mol. The number of aromatic nitrogens is 1. The predicted octanol–water partition coefficient (Wildman–Crippen LogP) is 14.0. The van der Waals surface area contributed by atoms with Crippen LogP contribution in [0.5, 0.6) is 0 Å². The van der Waals surface area contributed by atoms with Gasteiger partial charge in [0.05, 0.1) is 16.7 Å². The van der Waals surface area contributed by atoms with Gasteiger partial charge in [-0.3, -0.25) is 0 Å². The van der Waals surface area contributed by atoms with Crippen molar-refractivity contribution in [3.8, 4) is 27.9 Å². The highest BCUT2D eigenvalue weighted by molar-refractivity contribution is 7.26. The molecule has 0 aliphatic heterocycles. The molecule has 0 saturated carbocycles. The number of fused-ring (bicyclic) bond motifs is 6. The largest absolute Gasteiger partial charge is 0.310 e. The summed E-state index contributed by atoms with van der Waals surface area (Å²) in [6.07, 6.45) is 0. The minimum absolute atomic E-state index is 1.12. The molecule has 0 radical (unpaired) electrons. The zero-order valence-corrected chi connectivity index (χ0v) is 28.6. The maximum Gasteiger partial charge on any atom is 0.0555 e. The van der Waals surface area contributed by atoms with Crippen LogP contribution in [0.1, 0.15) is 0 Å². The molecule has 0 spiro atoms. The third-order valence-electron chi connectivity index (χ3n) is 9.99. The highest BCUT2D eigenvalue weighted by Gasteiger charge is 2.21. The smallest absolute Gasteiger partial charge is 0.0555 e. The van der Waals surface area contributed by atoms with Crippen LogP contribution < -0.4 is 4.90 Å². The van der Waals surface area contributed by atoms with Gasteiger partial charge >= 0.3 is 0 Å². The monoisotopic (exact) mass is 668 g/mol. The van der Waals surface area contributed by atoms with Gasteiger partial charge in [0.15, 0.2) is 0 Å². The molecule has 51 heavy (non-hydrogen) atoms. The van der Waals surface area contributed by atoms with Crippen molar-refractivity contribution in [2.75, 3.05) is 4.90 Å². The molecule has 0 bridgehead atoms. The number of anilines is 3. The van der Waals surface area contributed by atoms with E-state index in [1.165, 1.54) is 75.6 Å². The van der Waals surface area contributed by atoms with Crippen molar-refractivity contribution in [3.05, 3.63) is 194 Å². The van der Waals surface area contributed by atoms with Crippen molar-refractivity contribution in [3.63, 3.8) is 0 Å². The molecule has 10 aromatic rings. The molecule has 0 N–H and O–H groups in total. The Hall–Kier alpha value is -6.42. The quantitative estimate of drug-likeness (QED) is 0.171. The second-order valence-corrected chi connectivity index (χ2v) is 14.0. The molecule has 0 fully saturated rings. The fourth-order valence-corrected chi connectivity index (χ4v) is 9.01. The van der Waals surface area contributed by atoms with Crippen LogP contribution >= 0.6 is 11.3 Å². The lowest BCUT2D eigenvalue weighted by Gasteiger charge is -2.27. The van der Waals surface area contributed by atoms with Crippen LogP contribution in [-0.4, -0.2) is 4.57 Å². The maximum atomic E-state index is 2.42. The molecule has 2 heterocycles. The number of rotatable bonds is 6. The number of benzene rings is 8. The first-order valence-corrected chi connectivity index (χ1v) is 18.2. The zero-order chi connectivity index (χ0) is 33.7. The second kappa shape index (κ2) is 12.2. The standard InChI is InChI=1S/C48H32N2S/c1-4-15-33(16-5-1)39-31-32-44(47-41-22-11-13-26-45(41)51-48(39)47)49(35-17-6-2-7-18-35)37-29-27-34(28-30-37)38-23-14-25-43-46(38)40-21-10-12-24-42(40)50(43)36-19-8-3-9-20-36/h1-32H. The van der Waals surface area contributed by atoms with E-state index in [9.17, 15) is 0 Å². The number of nitrogens with zero attached hydrogens (tertiary/aromatic N) is 2. The Morgan fingerprint density at radius 1 is 0.392 bits per heavy atom. The molecule has 0 aliphatic rings. The van der Waals surface area contributed by atoms with Crippen LogP contribution in [0.25, 0.3) is 69.9 Å². The third kappa shape index (κ3) is 4.85. The molecule has 2 nitrogen and oxygen atoms in total. The van der Waals surface area contributed by atoms with Crippen molar-refractivity contribution < 1.29 is 0 Å². The van der Waals surface area contributed by atoms with Crippen LogP contribution in [0.2, 0.25) is 0 Å². The SMILES string of the molecule is c1ccc(-c2ccc(N(c3ccccc3)c3ccc(-c4cccc5c4c4ccccc4n5-c4ccccc4)cc3)c3c2sc2ccccc23)cc1. The Morgan fingerprint density at radius 2 is 1.00 bits per heavy atom. The first kappa shape index (κ1) is 29.5. The molecule has 0 saturated heterocycles. The summed E-state index contributed by atoms with van der Waals surface area (Å²) in [5.74, 6) is 0. The maximum absolute atomic E-state index is 2.42. The van der Waals surface area contributed by atoms with E-state index in [2.05, 4.69) is 204 Å². The van der Waals surface area contributed by atoms with E-state index < -0.39 is 0 Å². The molecule has 3 heteroatoms. The summed E-state index contributed by atoms with van der Waals surface area (Å²) in [4.78, 5) is 2.42. The molecule has 10 rings (SSSR count). The Bertz CT molecular complexity index is 2830. The molecular formula is C48H32N2S. The number of para-hydroxylation sites is 3. The van der Waals surface area contributed by atoms with E-state index in [0.717, 1.165) is 11.4 Å². The molecule has 2 aromatic heterocycles. The molecular weight excluding hydrogens is 637 g/mol. The lowest BCUT2D eigenvalue weighted by molar-refractivity contribution is 1.18. The minimum Gasteiger partial charge on any atom is -0.310 e. The van der Waals surface area contributed by atoms with Gasteiger partial charge in [0.2, 0.25) is 0 Å². The van der Waals surface area contributed by atoms with E-state index in [4.69, 9.17) is 0 Å². The van der Waals surface area contributed by atoms with Gasteiger partial charge in [-0.1, -0.05) is 133 Å². The third-order valence-corrected chi connectivity index (χ3v) is 11.2. The molecule has 0 unspecified atom stereocenters. The van der Waals surface area contributed by atoms with E-state index >= 15 is 0 Å². The topological polar surface area (TPSA) is 8.17 Å². The number of hydrogen-bond donors (Lipinski definition) is 0. The molecule has 0 aliphatic carbocycles. The van der Waals surface area contributed by atoms with Crippen LogP contribution in [0, 0.1) is 0 Å². The summed E-state index contributed by atoms with van der Waals surface area (Å²) >= 11 is 1.88. The average molecular weight is 669 g/mol. The van der Waals surface area contributed by atoms with Gasteiger partial charge in [0.1, 0.15) is 0 Å². The molecule has 8 aromatic carbocycles. The van der Waals surface area contributed by atoms with Crippen LogP contribution in [0.4, 0.5) is 17.1 Å². The Labute approximate surface area is 300 Å². The van der Waals surface area contributed by atoms with E-state index in [1.54, 1.807) is 0 Å². The highest BCUT2D eigenvalue weighted by atomic mass is 32.1. The zero-order valence-electron chi connectivity index (χ0n) is 27.8. The summed E-state index contributed by atoms with van der Waals surface area (Å²) in [5.41, 5.74) is 11.9. The molecule has 0 atom stereocenters. The van der Waals surface area contributed by atoms with Crippen molar-refractivity contribution >= 4 is 70.4 Å². The summed E-state index contributed by atoms with van der Waals surface area (Å²) < 4.78 is 4.98. The Kier molecular flexibility index (Phi) is 7.04. The fraction of sp³-hybridized carbons (Fsp3) is 0. The van der Waals surface area contributed by atoms with Gasteiger partial charge in [-0.2, -0.15) is 0 Å². The van der Waals surface area contributed by atoms with Crippen molar-refractivity contribution in [1.29, 1.82) is 0 Å². The van der Waals surface area contributed by atoms with Gasteiger partial charge in [-0.15, -0.1) is 11.3 Å². The Morgan fingerprint density at radius 3 is 1.78 bits per heavy atom. The number of thiophene rings is 1. The lowest BCUT2D eigenvalue weighted by atomic mass is 9.98. The minimum atomic E-state index is 1.12. The van der Waals surface area contributed by atoms with Crippen molar-refractivity contribution in [1.82, 2.24) is 4.57 Å². The summed E-state index contributed by atoms with van der Waals surface area (Å²) in [7, 11) is 0. The normalized spacial score (nSPS) is 11.5. The van der Waals surface area contributed by atoms with Crippen molar-refractivity contribution in [2.24, 2.45) is 0 Å². The van der Waals surface area contributed by atoms with Crippen LogP contribution in [0.15, 0.2) is 194 Å². The average Bonchev–Trinajstić information content (AvgIpc) is 3.76.